The number of hydrogen-bond donors (Lipinski definition) is 1. The maximum Gasteiger partial charge on any atom is 0.230 e. The van der Waals surface area contributed by atoms with Crippen molar-refractivity contribution in [3.8, 4) is 0 Å². The van der Waals surface area contributed by atoms with E-state index in [0.29, 0.717) is 11.6 Å². The molecule has 0 atom stereocenters. The van der Waals surface area contributed by atoms with Gasteiger partial charge in [-0.2, -0.15) is 0 Å². The molecule has 0 fully saturated rings. The van der Waals surface area contributed by atoms with Gasteiger partial charge in [-0.1, -0.05) is 11.6 Å². The van der Waals surface area contributed by atoms with Crippen molar-refractivity contribution in [3.63, 3.8) is 0 Å². The van der Waals surface area contributed by atoms with Gasteiger partial charge in [0.15, 0.2) is 0 Å². The van der Waals surface area contributed by atoms with Crippen LogP contribution in [0.5, 0.6) is 0 Å². The van der Waals surface area contributed by atoms with Gasteiger partial charge in [0.2, 0.25) is 5.91 Å². The lowest BCUT2D eigenvalue weighted by molar-refractivity contribution is -0.115. The van der Waals surface area contributed by atoms with Gasteiger partial charge in [0.05, 0.1) is 17.8 Å². The van der Waals surface area contributed by atoms with E-state index in [9.17, 15) is 4.79 Å². The molecule has 0 radical (unpaired) electrons. The molecule has 0 aliphatic carbocycles. The van der Waals surface area contributed by atoms with E-state index in [0.717, 1.165) is 16.9 Å². The van der Waals surface area contributed by atoms with Crippen molar-refractivity contribution in [3.05, 3.63) is 22.5 Å². The van der Waals surface area contributed by atoms with Gasteiger partial charge in [0.25, 0.3) is 0 Å². The van der Waals surface area contributed by atoms with Crippen LogP contribution >= 0.6 is 11.6 Å². The number of rotatable bonds is 0. The third-order valence-corrected chi connectivity index (χ3v) is 2.21. The maximum atomic E-state index is 10.9. The Morgan fingerprint density at radius 3 is 3.17 bits per heavy atom. The molecule has 62 valence electrons. The third kappa shape index (κ3) is 1.06. The number of hydrogen-bond acceptors (Lipinski definition) is 2. The molecule has 0 aromatic carbocycles. The van der Waals surface area contributed by atoms with Crippen molar-refractivity contribution >= 4 is 23.2 Å². The number of carbonyl (C=O) groups excluding carboxylic acids is 1. The van der Waals surface area contributed by atoms with E-state index in [-0.39, 0.29) is 5.91 Å². The van der Waals surface area contributed by atoms with Crippen LogP contribution in [0.15, 0.2) is 6.07 Å². The number of aryl methyl sites for hydroxylation is 1. The van der Waals surface area contributed by atoms with Crippen LogP contribution in [0.2, 0.25) is 5.15 Å². The summed E-state index contributed by atoms with van der Waals surface area (Å²) in [5.41, 5.74) is 2.43. The Hall–Kier alpha value is -1.09. The average Bonchev–Trinajstić information content (AvgIpc) is 2.30. The minimum Gasteiger partial charge on any atom is -0.324 e. The topological polar surface area (TPSA) is 42.0 Å². The number of anilines is 1. The van der Waals surface area contributed by atoms with Crippen LogP contribution in [-0.2, 0) is 11.2 Å². The number of nitrogens with zero attached hydrogens (tertiary/aromatic N) is 1. The summed E-state index contributed by atoms with van der Waals surface area (Å²) in [6.07, 6.45) is 0.343. The molecule has 2 rings (SSSR count). The van der Waals surface area contributed by atoms with Gasteiger partial charge < -0.3 is 5.32 Å². The van der Waals surface area contributed by atoms with Crippen LogP contribution in [0.25, 0.3) is 0 Å². The predicted molar refractivity (Wildman–Crippen MR) is 46.3 cm³/mol. The highest BCUT2D eigenvalue weighted by Crippen LogP contribution is 2.25. The molecule has 1 aromatic heterocycles. The predicted octanol–water partition coefficient (Wildman–Crippen LogP) is 1.54. The molecule has 12 heavy (non-hydrogen) atoms. The zero-order chi connectivity index (χ0) is 8.72. The SMILES string of the molecule is Cc1cc2c(nc1Cl)CC(=O)N2. The first-order chi connectivity index (χ1) is 5.66. The molecule has 1 aromatic rings. The third-order valence-electron chi connectivity index (χ3n) is 1.83. The summed E-state index contributed by atoms with van der Waals surface area (Å²) in [6.45, 7) is 1.86. The second kappa shape index (κ2) is 2.45. The fraction of sp³-hybridized carbons (Fsp3) is 0.250. The van der Waals surface area contributed by atoms with Crippen molar-refractivity contribution in [2.75, 3.05) is 5.32 Å². The van der Waals surface area contributed by atoms with E-state index < -0.39 is 0 Å². The highest BCUT2D eigenvalue weighted by Gasteiger charge is 2.19. The van der Waals surface area contributed by atoms with Crippen molar-refractivity contribution in [2.24, 2.45) is 0 Å². The van der Waals surface area contributed by atoms with Crippen molar-refractivity contribution in [2.45, 2.75) is 13.3 Å². The lowest BCUT2D eigenvalue weighted by atomic mass is 10.2. The standard InChI is InChI=1S/C8H7ClN2O/c1-4-2-5-6(11-8(4)9)3-7(12)10-5/h2H,3H2,1H3,(H,10,12). The average molecular weight is 183 g/mol. The first kappa shape index (κ1) is 7.55. The van der Waals surface area contributed by atoms with Crippen LogP contribution in [0.1, 0.15) is 11.3 Å². The van der Waals surface area contributed by atoms with E-state index in [2.05, 4.69) is 10.3 Å². The van der Waals surface area contributed by atoms with Crippen LogP contribution in [-0.4, -0.2) is 10.9 Å². The second-order valence-corrected chi connectivity index (χ2v) is 3.17. The second-order valence-electron chi connectivity index (χ2n) is 2.82. The van der Waals surface area contributed by atoms with E-state index in [1.54, 1.807) is 0 Å². The molecule has 1 aliphatic rings. The number of nitrogens with one attached hydrogen (secondary N) is 1. The lowest BCUT2D eigenvalue weighted by Gasteiger charge is -2.00. The zero-order valence-corrected chi connectivity index (χ0v) is 7.27. The number of fused-ring (bicyclic) bond motifs is 1. The molecule has 0 saturated heterocycles. The molecule has 1 N–H and O–H groups in total. The van der Waals surface area contributed by atoms with Crippen LogP contribution in [0.3, 0.4) is 0 Å². The monoisotopic (exact) mass is 182 g/mol. The molecule has 0 spiro atoms. The maximum absolute atomic E-state index is 10.9. The number of amides is 1. The molecule has 2 heterocycles. The normalized spacial score (nSPS) is 14.3. The Labute approximate surface area is 74.8 Å². The van der Waals surface area contributed by atoms with E-state index in [4.69, 9.17) is 11.6 Å². The highest BCUT2D eigenvalue weighted by atomic mass is 35.5. The van der Waals surface area contributed by atoms with E-state index in [1.165, 1.54) is 0 Å². The molecule has 0 bridgehead atoms. The van der Waals surface area contributed by atoms with Gasteiger partial charge in [-0.05, 0) is 18.6 Å². The summed E-state index contributed by atoms with van der Waals surface area (Å²) in [5.74, 6) is -0.0147. The largest absolute Gasteiger partial charge is 0.324 e. The van der Waals surface area contributed by atoms with Gasteiger partial charge in [-0.25, -0.2) is 4.98 Å². The lowest BCUT2D eigenvalue weighted by Crippen LogP contribution is -2.03. The Bertz CT molecular complexity index is 329. The Balaban J connectivity index is 2.55. The van der Waals surface area contributed by atoms with Gasteiger partial charge >= 0.3 is 0 Å². The van der Waals surface area contributed by atoms with Gasteiger partial charge in [0.1, 0.15) is 5.15 Å². The molecular weight excluding hydrogens is 176 g/mol. The van der Waals surface area contributed by atoms with Crippen molar-refractivity contribution in [1.29, 1.82) is 0 Å². The van der Waals surface area contributed by atoms with Crippen LogP contribution in [0.4, 0.5) is 5.69 Å². The highest BCUT2D eigenvalue weighted by molar-refractivity contribution is 6.30. The first-order valence-corrected chi connectivity index (χ1v) is 4.00. The van der Waals surface area contributed by atoms with E-state index >= 15 is 0 Å². The van der Waals surface area contributed by atoms with Gasteiger partial charge in [-0.15, -0.1) is 0 Å². The fourth-order valence-corrected chi connectivity index (χ4v) is 1.37. The number of carbonyl (C=O) groups is 1. The number of aromatic nitrogens is 1. The molecule has 4 heteroatoms. The summed E-state index contributed by atoms with van der Waals surface area (Å²) in [5, 5.41) is 3.18. The molecule has 0 saturated carbocycles. The van der Waals surface area contributed by atoms with Crippen molar-refractivity contribution < 1.29 is 4.79 Å². The fourth-order valence-electron chi connectivity index (χ4n) is 1.22. The summed E-state index contributed by atoms with van der Waals surface area (Å²) in [7, 11) is 0. The zero-order valence-electron chi connectivity index (χ0n) is 6.52. The summed E-state index contributed by atoms with van der Waals surface area (Å²) in [4.78, 5) is 15.0. The van der Waals surface area contributed by atoms with Crippen molar-refractivity contribution in [1.82, 2.24) is 4.98 Å². The van der Waals surface area contributed by atoms with Crippen LogP contribution < -0.4 is 5.32 Å². The van der Waals surface area contributed by atoms with Crippen LogP contribution in [0, 0.1) is 6.92 Å². The number of pyridine rings is 1. The van der Waals surface area contributed by atoms with E-state index in [1.807, 2.05) is 13.0 Å². The minimum atomic E-state index is -0.0147. The Morgan fingerprint density at radius 1 is 1.67 bits per heavy atom. The molecule has 1 aliphatic heterocycles. The molecular formula is C8H7ClN2O. The quantitative estimate of drug-likeness (QED) is 0.619. The molecule has 0 unspecified atom stereocenters. The van der Waals surface area contributed by atoms with Gasteiger partial charge in [0, 0.05) is 0 Å². The summed E-state index contributed by atoms with van der Waals surface area (Å²) in [6, 6.07) is 1.84. The molecule has 3 nitrogen and oxygen atoms in total. The smallest absolute Gasteiger partial charge is 0.230 e. The summed E-state index contributed by atoms with van der Waals surface area (Å²) >= 11 is 5.79. The number of halogens is 1. The first-order valence-electron chi connectivity index (χ1n) is 3.62. The Kier molecular flexibility index (Phi) is 1.54. The molecule has 1 amide bonds. The minimum absolute atomic E-state index is 0.0147. The Morgan fingerprint density at radius 2 is 2.42 bits per heavy atom. The van der Waals surface area contributed by atoms with Gasteiger partial charge in [-0.3, -0.25) is 4.79 Å². The summed E-state index contributed by atoms with van der Waals surface area (Å²) < 4.78 is 0.